The highest BCUT2D eigenvalue weighted by Gasteiger charge is 2.38. The third-order valence-electron chi connectivity index (χ3n) is 7.05. The molecule has 0 saturated heterocycles. The lowest BCUT2D eigenvalue weighted by Gasteiger charge is -2.28. The Morgan fingerprint density at radius 3 is 1.54 bits per heavy atom. The molecule has 0 fully saturated rings. The minimum absolute atomic E-state index is 0.183. The normalized spacial score (nSPS) is 11.6. The van der Waals surface area contributed by atoms with Crippen LogP contribution in [-0.2, 0) is 11.2 Å². The molecule has 1 atom stereocenters. The maximum absolute atomic E-state index is 13.5. The first-order valence-electron chi connectivity index (χ1n) is 13.3. The highest BCUT2D eigenvalue weighted by atomic mass is 28.3. The summed E-state index contributed by atoms with van der Waals surface area (Å²) in [7, 11) is -2.82. The van der Waals surface area contributed by atoms with Crippen LogP contribution in [-0.4, -0.2) is 14.0 Å². The molecule has 5 aromatic rings. The molecule has 0 spiro atoms. The second-order valence-electron chi connectivity index (χ2n) is 9.72. The summed E-state index contributed by atoms with van der Waals surface area (Å²) >= 11 is 0. The second kappa shape index (κ2) is 12.3. The fourth-order valence-electron chi connectivity index (χ4n) is 5.02. The van der Waals surface area contributed by atoms with Gasteiger partial charge in [-0.15, -0.1) is 5.54 Å². The molecule has 0 aliphatic rings. The van der Waals surface area contributed by atoms with Crippen LogP contribution in [0.4, 0.5) is 0 Å². The summed E-state index contributed by atoms with van der Waals surface area (Å²) in [5.41, 5.74) is 7.04. The lowest BCUT2D eigenvalue weighted by atomic mass is 9.98. The van der Waals surface area contributed by atoms with E-state index in [1.165, 1.54) is 11.1 Å². The first kappa shape index (κ1) is 26.0. The smallest absolute Gasteiger partial charge is 0.295 e. The fraction of sp³-hybridized carbons (Fsp3) is 0.0833. The maximum atomic E-state index is 13.5. The van der Waals surface area contributed by atoms with Crippen molar-refractivity contribution >= 4 is 29.5 Å². The van der Waals surface area contributed by atoms with E-state index in [0.29, 0.717) is 6.42 Å². The molecule has 1 N–H and O–H groups in total. The average Bonchev–Trinajstić information content (AvgIpc) is 3.00. The zero-order valence-electron chi connectivity index (χ0n) is 22.0. The van der Waals surface area contributed by atoms with E-state index in [9.17, 15) is 4.79 Å². The molecule has 5 aromatic carbocycles. The Kier molecular flexibility index (Phi) is 8.17. The number of carbonyl (C=O) groups excluding carboxylic acids is 1. The minimum atomic E-state index is -2.82. The highest BCUT2D eigenvalue weighted by Crippen LogP contribution is 2.19. The van der Waals surface area contributed by atoms with E-state index >= 15 is 0 Å². The van der Waals surface area contributed by atoms with Crippen LogP contribution in [0.3, 0.4) is 0 Å². The summed E-state index contributed by atoms with van der Waals surface area (Å²) in [5.74, 6) is 2.81. The van der Waals surface area contributed by atoms with Crippen molar-refractivity contribution < 1.29 is 4.79 Å². The molecule has 39 heavy (non-hydrogen) atoms. The second-order valence-corrected chi connectivity index (χ2v) is 13.2. The van der Waals surface area contributed by atoms with Crippen LogP contribution in [0.1, 0.15) is 22.7 Å². The summed E-state index contributed by atoms with van der Waals surface area (Å²) in [6, 6.07) is 49.7. The monoisotopic (exact) mass is 521 g/mol. The number of benzene rings is 5. The molecule has 0 bridgehead atoms. The Hall–Kier alpha value is -4.65. The Morgan fingerprint density at radius 1 is 0.641 bits per heavy atom. The van der Waals surface area contributed by atoms with Gasteiger partial charge in [-0.1, -0.05) is 151 Å². The van der Waals surface area contributed by atoms with Crippen molar-refractivity contribution in [3.05, 3.63) is 162 Å². The van der Waals surface area contributed by atoms with E-state index in [2.05, 4.69) is 133 Å². The van der Waals surface area contributed by atoms with Gasteiger partial charge in [0.1, 0.15) is 0 Å². The van der Waals surface area contributed by atoms with Gasteiger partial charge in [0.2, 0.25) is 8.07 Å². The summed E-state index contributed by atoms with van der Waals surface area (Å²) in [6.45, 7) is 2.08. The summed E-state index contributed by atoms with van der Waals surface area (Å²) in [4.78, 5) is 13.5. The van der Waals surface area contributed by atoms with E-state index in [-0.39, 0.29) is 11.9 Å². The van der Waals surface area contributed by atoms with Crippen molar-refractivity contribution in [2.45, 2.75) is 19.4 Å². The molecule has 0 heterocycles. The molecule has 2 nitrogen and oxygen atoms in total. The molecule has 3 heteroatoms. The van der Waals surface area contributed by atoms with Crippen molar-refractivity contribution in [1.82, 2.24) is 5.32 Å². The number of rotatable bonds is 7. The third kappa shape index (κ3) is 6.09. The molecule has 0 aliphatic heterocycles. The first-order chi connectivity index (χ1) is 19.1. The van der Waals surface area contributed by atoms with Gasteiger partial charge < -0.3 is 5.32 Å². The molecule has 0 saturated carbocycles. The van der Waals surface area contributed by atoms with Gasteiger partial charge in [-0.25, -0.2) is 0 Å². The number of carbonyl (C=O) groups is 1. The molecule has 0 aliphatic carbocycles. The predicted molar refractivity (Wildman–Crippen MR) is 164 cm³/mol. The van der Waals surface area contributed by atoms with Gasteiger partial charge in [-0.3, -0.25) is 4.79 Å². The van der Waals surface area contributed by atoms with E-state index < -0.39 is 8.07 Å². The first-order valence-corrected chi connectivity index (χ1v) is 15.3. The maximum Gasteiger partial charge on any atom is 0.295 e. The van der Waals surface area contributed by atoms with Crippen molar-refractivity contribution in [2.75, 3.05) is 0 Å². The number of nitrogens with one attached hydrogen (secondary N) is 1. The SMILES string of the molecule is Cc1ccc(CC(NC(=O)C#C[Si](c2ccccc2)(c2ccccc2)c2ccccc2)c2ccccc2)cc1. The Bertz CT molecular complexity index is 1460. The van der Waals surface area contributed by atoms with Gasteiger partial charge in [0.05, 0.1) is 6.04 Å². The number of hydrogen-bond donors (Lipinski definition) is 1. The van der Waals surface area contributed by atoms with Crippen LogP contribution in [0, 0.1) is 18.4 Å². The summed E-state index contributed by atoms with van der Waals surface area (Å²) in [5, 5.41) is 6.70. The largest absolute Gasteiger partial charge is 0.338 e. The van der Waals surface area contributed by atoms with Crippen molar-refractivity contribution in [3.8, 4) is 11.5 Å². The zero-order chi connectivity index (χ0) is 26.9. The standard InChI is InChI=1S/C36H31NOSi/c1-29-22-24-30(25-23-29)28-35(31-14-6-2-7-15-31)37-36(38)26-27-39(32-16-8-3-9-17-32,33-18-10-4-11-19-33)34-20-12-5-13-21-34/h2-25,35H,28H2,1H3,(H,37,38). The predicted octanol–water partition coefficient (Wildman–Crippen LogP) is 5.11. The van der Waals surface area contributed by atoms with Gasteiger partial charge >= 0.3 is 0 Å². The Morgan fingerprint density at radius 2 is 1.08 bits per heavy atom. The van der Waals surface area contributed by atoms with Gasteiger partial charge in [-0.05, 0) is 46.0 Å². The zero-order valence-corrected chi connectivity index (χ0v) is 23.0. The van der Waals surface area contributed by atoms with Crippen LogP contribution in [0.15, 0.2) is 146 Å². The molecule has 0 aromatic heterocycles. The minimum Gasteiger partial charge on any atom is -0.338 e. The molecule has 5 rings (SSSR count). The molecule has 0 radical (unpaired) electrons. The lowest BCUT2D eigenvalue weighted by Crippen LogP contribution is -2.66. The van der Waals surface area contributed by atoms with Crippen LogP contribution in [0.5, 0.6) is 0 Å². The number of amides is 1. The molecule has 190 valence electrons. The van der Waals surface area contributed by atoms with Gasteiger partial charge in [-0.2, -0.15) is 0 Å². The lowest BCUT2D eigenvalue weighted by molar-refractivity contribution is -0.116. The molecule has 1 amide bonds. The van der Waals surface area contributed by atoms with Gasteiger partial charge in [0.25, 0.3) is 5.91 Å². The Labute approximate surface area is 232 Å². The third-order valence-corrected chi connectivity index (χ3v) is 11.1. The van der Waals surface area contributed by atoms with Gasteiger partial charge in [0.15, 0.2) is 0 Å². The number of aryl methyl sites for hydroxylation is 1. The van der Waals surface area contributed by atoms with Crippen molar-refractivity contribution in [2.24, 2.45) is 0 Å². The van der Waals surface area contributed by atoms with E-state index in [0.717, 1.165) is 21.1 Å². The van der Waals surface area contributed by atoms with E-state index in [1.807, 2.05) is 36.4 Å². The topological polar surface area (TPSA) is 29.1 Å². The quantitative estimate of drug-likeness (QED) is 0.180. The number of hydrogen-bond acceptors (Lipinski definition) is 1. The Balaban J connectivity index is 1.55. The van der Waals surface area contributed by atoms with Crippen molar-refractivity contribution in [3.63, 3.8) is 0 Å². The van der Waals surface area contributed by atoms with E-state index in [1.54, 1.807) is 0 Å². The molecule has 1 unspecified atom stereocenters. The fourth-order valence-corrected chi connectivity index (χ4v) is 8.83. The summed E-state index contributed by atoms with van der Waals surface area (Å²) < 4.78 is 0. The van der Waals surface area contributed by atoms with Crippen LogP contribution < -0.4 is 20.9 Å². The summed E-state index contributed by atoms with van der Waals surface area (Å²) in [6.07, 6.45) is 0.691. The van der Waals surface area contributed by atoms with E-state index in [4.69, 9.17) is 0 Å². The van der Waals surface area contributed by atoms with Crippen LogP contribution in [0.25, 0.3) is 0 Å². The van der Waals surface area contributed by atoms with Crippen LogP contribution in [0.2, 0.25) is 0 Å². The van der Waals surface area contributed by atoms with Crippen LogP contribution >= 0.6 is 0 Å². The van der Waals surface area contributed by atoms with Gasteiger partial charge in [0, 0.05) is 0 Å². The molecular formula is C36H31NOSi. The molecular weight excluding hydrogens is 490 g/mol. The highest BCUT2D eigenvalue weighted by molar-refractivity contribution is 7.16. The average molecular weight is 522 g/mol. The van der Waals surface area contributed by atoms with Crippen molar-refractivity contribution in [1.29, 1.82) is 0 Å².